The van der Waals surface area contributed by atoms with Crippen molar-refractivity contribution in [2.75, 3.05) is 25.5 Å². The maximum atomic E-state index is 6.12. The van der Waals surface area contributed by atoms with Gasteiger partial charge in [0.1, 0.15) is 0 Å². The highest BCUT2D eigenvalue weighted by molar-refractivity contribution is 8.00. The SMILES string of the molecule is CC(C)OCC1NCCOC12CCSC2C. The fourth-order valence-electron chi connectivity index (χ4n) is 2.62. The van der Waals surface area contributed by atoms with E-state index >= 15 is 0 Å². The maximum absolute atomic E-state index is 6.12. The Kier molecular flexibility index (Phi) is 4.16. The summed E-state index contributed by atoms with van der Waals surface area (Å²) in [4.78, 5) is 0. The zero-order chi connectivity index (χ0) is 11.6. The Morgan fingerprint density at radius 3 is 3.00 bits per heavy atom. The van der Waals surface area contributed by atoms with E-state index in [4.69, 9.17) is 9.47 Å². The summed E-state index contributed by atoms with van der Waals surface area (Å²) in [6.45, 7) is 9.01. The predicted octanol–water partition coefficient (Wildman–Crippen LogP) is 1.66. The van der Waals surface area contributed by atoms with Crippen molar-refractivity contribution >= 4 is 11.8 Å². The second-order valence-corrected chi connectivity index (χ2v) is 6.40. The van der Waals surface area contributed by atoms with Gasteiger partial charge in [-0.1, -0.05) is 6.92 Å². The number of rotatable bonds is 3. The normalized spacial score (nSPS) is 39.8. The van der Waals surface area contributed by atoms with E-state index in [0.717, 1.165) is 26.2 Å². The third kappa shape index (κ3) is 2.40. The molecule has 1 N–H and O–H groups in total. The quantitative estimate of drug-likeness (QED) is 0.819. The number of hydrogen-bond donors (Lipinski definition) is 1. The van der Waals surface area contributed by atoms with E-state index in [1.165, 1.54) is 5.75 Å². The van der Waals surface area contributed by atoms with Crippen molar-refractivity contribution in [1.82, 2.24) is 5.32 Å². The zero-order valence-electron chi connectivity index (χ0n) is 10.5. The minimum absolute atomic E-state index is 0.0117. The first-order valence-corrected chi connectivity index (χ1v) is 7.30. The standard InChI is InChI=1S/C12H23NO2S/c1-9(2)14-8-11-12(15-6-5-13-11)4-7-16-10(12)3/h9-11,13H,4-8H2,1-3H3. The summed E-state index contributed by atoms with van der Waals surface area (Å²) in [6.07, 6.45) is 1.45. The molecule has 0 amide bonds. The van der Waals surface area contributed by atoms with Gasteiger partial charge < -0.3 is 14.8 Å². The fraction of sp³-hybridized carbons (Fsp3) is 1.00. The van der Waals surface area contributed by atoms with Crippen molar-refractivity contribution in [3.05, 3.63) is 0 Å². The number of nitrogens with one attached hydrogen (secondary N) is 1. The topological polar surface area (TPSA) is 30.5 Å². The van der Waals surface area contributed by atoms with Crippen LogP contribution in [0, 0.1) is 0 Å². The minimum atomic E-state index is 0.0117. The first kappa shape index (κ1) is 12.7. The van der Waals surface area contributed by atoms with Crippen LogP contribution in [0.2, 0.25) is 0 Å². The van der Waals surface area contributed by atoms with Crippen LogP contribution in [0.15, 0.2) is 0 Å². The van der Waals surface area contributed by atoms with Gasteiger partial charge in [0.15, 0.2) is 0 Å². The molecule has 3 nitrogen and oxygen atoms in total. The van der Waals surface area contributed by atoms with Crippen LogP contribution in [-0.2, 0) is 9.47 Å². The molecule has 4 heteroatoms. The molecule has 2 fully saturated rings. The Hall–Kier alpha value is 0.230. The van der Waals surface area contributed by atoms with Crippen LogP contribution in [0.5, 0.6) is 0 Å². The molecule has 94 valence electrons. The van der Waals surface area contributed by atoms with Gasteiger partial charge in [0, 0.05) is 11.8 Å². The Bertz CT molecular complexity index is 237. The van der Waals surface area contributed by atoms with Gasteiger partial charge in [0.2, 0.25) is 0 Å². The molecule has 0 aromatic heterocycles. The number of morpholine rings is 1. The monoisotopic (exact) mass is 245 g/mol. The summed E-state index contributed by atoms with van der Waals surface area (Å²) in [5.41, 5.74) is 0.0117. The highest BCUT2D eigenvalue weighted by atomic mass is 32.2. The molecule has 3 unspecified atom stereocenters. The molecule has 1 spiro atoms. The Labute approximate surface area is 103 Å². The van der Waals surface area contributed by atoms with E-state index in [9.17, 15) is 0 Å². The van der Waals surface area contributed by atoms with E-state index < -0.39 is 0 Å². The van der Waals surface area contributed by atoms with Crippen LogP contribution >= 0.6 is 11.8 Å². The molecule has 0 saturated carbocycles. The lowest BCUT2D eigenvalue weighted by Gasteiger charge is -2.44. The zero-order valence-corrected chi connectivity index (χ0v) is 11.3. The molecule has 0 radical (unpaired) electrons. The van der Waals surface area contributed by atoms with E-state index in [2.05, 4.69) is 26.1 Å². The number of ether oxygens (including phenoxy) is 2. The number of thioether (sulfide) groups is 1. The van der Waals surface area contributed by atoms with Crippen LogP contribution in [0.4, 0.5) is 0 Å². The summed E-state index contributed by atoms with van der Waals surface area (Å²) in [5.74, 6) is 1.21. The largest absolute Gasteiger partial charge is 0.377 e. The van der Waals surface area contributed by atoms with E-state index in [1.54, 1.807) is 0 Å². The van der Waals surface area contributed by atoms with E-state index in [-0.39, 0.29) is 5.60 Å². The van der Waals surface area contributed by atoms with Crippen LogP contribution in [0.1, 0.15) is 27.2 Å². The van der Waals surface area contributed by atoms with Crippen molar-refractivity contribution in [2.24, 2.45) is 0 Å². The average molecular weight is 245 g/mol. The van der Waals surface area contributed by atoms with Gasteiger partial charge >= 0.3 is 0 Å². The second-order valence-electron chi connectivity index (χ2n) is 4.96. The molecule has 2 heterocycles. The third-order valence-electron chi connectivity index (χ3n) is 3.60. The van der Waals surface area contributed by atoms with Gasteiger partial charge in [-0.25, -0.2) is 0 Å². The van der Waals surface area contributed by atoms with Crippen LogP contribution in [0.3, 0.4) is 0 Å². The van der Waals surface area contributed by atoms with Crippen molar-refractivity contribution in [3.63, 3.8) is 0 Å². The second kappa shape index (κ2) is 5.25. The molecular formula is C12H23NO2S. The molecule has 0 aromatic carbocycles. The maximum Gasteiger partial charge on any atom is 0.0980 e. The van der Waals surface area contributed by atoms with E-state index in [1.807, 2.05) is 11.8 Å². The lowest BCUT2D eigenvalue weighted by Crippen LogP contribution is -2.62. The van der Waals surface area contributed by atoms with Crippen LogP contribution in [-0.4, -0.2) is 48.5 Å². The van der Waals surface area contributed by atoms with Gasteiger partial charge in [-0.05, 0) is 26.0 Å². The van der Waals surface area contributed by atoms with Gasteiger partial charge in [0.05, 0.1) is 31.0 Å². The molecule has 2 saturated heterocycles. The Morgan fingerprint density at radius 2 is 2.38 bits per heavy atom. The minimum Gasteiger partial charge on any atom is -0.377 e. The molecule has 2 aliphatic heterocycles. The van der Waals surface area contributed by atoms with Crippen molar-refractivity contribution in [3.8, 4) is 0 Å². The summed E-state index contributed by atoms with van der Waals surface area (Å²) in [5, 5.41) is 4.14. The lowest BCUT2D eigenvalue weighted by atomic mass is 9.87. The molecule has 2 aliphatic rings. The highest BCUT2D eigenvalue weighted by Crippen LogP contribution is 2.42. The van der Waals surface area contributed by atoms with Crippen LogP contribution < -0.4 is 5.32 Å². The first-order chi connectivity index (χ1) is 7.65. The third-order valence-corrected chi connectivity index (χ3v) is 4.94. The molecule has 16 heavy (non-hydrogen) atoms. The molecule has 0 bridgehead atoms. The summed E-state index contributed by atoms with van der Waals surface area (Å²) in [6, 6.07) is 0.355. The summed E-state index contributed by atoms with van der Waals surface area (Å²) < 4.78 is 11.9. The fourth-order valence-corrected chi connectivity index (χ4v) is 4.05. The Balaban J connectivity index is 2.01. The Morgan fingerprint density at radius 1 is 1.56 bits per heavy atom. The predicted molar refractivity (Wildman–Crippen MR) is 68.1 cm³/mol. The average Bonchev–Trinajstić information content (AvgIpc) is 2.60. The van der Waals surface area contributed by atoms with Crippen molar-refractivity contribution < 1.29 is 9.47 Å². The summed E-state index contributed by atoms with van der Waals surface area (Å²) in [7, 11) is 0. The smallest absolute Gasteiger partial charge is 0.0980 e. The van der Waals surface area contributed by atoms with Gasteiger partial charge in [-0.2, -0.15) is 11.8 Å². The lowest BCUT2D eigenvalue weighted by molar-refractivity contribution is -0.114. The van der Waals surface area contributed by atoms with Gasteiger partial charge in [-0.3, -0.25) is 0 Å². The van der Waals surface area contributed by atoms with Gasteiger partial charge in [0.25, 0.3) is 0 Å². The first-order valence-electron chi connectivity index (χ1n) is 6.25. The highest BCUT2D eigenvalue weighted by Gasteiger charge is 2.49. The number of hydrogen-bond acceptors (Lipinski definition) is 4. The van der Waals surface area contributed by atoms with E-state index in [0.29, 0.717) is 17.4 Å². The van der Waals surface area contributed by atoms with Crippen LogP contribution in [0.25, 0.3) is 0 Å². The summed E-state index contributed by atoms with van der Waals surface area (Å²) >= 11 is 2.02. The molecule has 0 aliphatic carbocycles. The van der Waals surface area contributed by atoms with Gasteiger partial charge in [-0.15, -0.1) is 0 Å². The molecule has 3 atom stereocenters. The molecule has 0 aromatic rings. The molecular weight excluding hydrogens is 222 g/mol. The van der Waals surface area contributed by atoms with Crippen molar-refractivity contribution in [1.29, 1.82) is 0 Å². The van der Waals surface area contributed by atoms with Crippen molar-refractivity contribution in [2.45, 2.75) is 50.2 Å². The molecule has 2 rings (SSSR count).